The van der Waals surface area contributed by atoms with Crippen LogP contribution in [-0.4, -0.2) is 24.2 Å². The molecule has 5 heteroatoms. The average molecular weight is 395 g/mol. The molecular weight excluding hydrogens is 366 g/mol. The Balaban J connectivity index is 1.41. The zero-order valence-corrected chi connectivity index (χ0v) is 17.3. The minimum absolute atomic E-state index is 0.00652. The van der Waals surface area contributed by atoms with Crippen LogP contribution in [0.15, 0.2) is 48.5 Å². The highest BCUT2D eigenvalue weighted by molar-refractivity contribution is 5.77. The standard InChI is InChI=1S/C24H29NO4/c1-16-9-11-20-23(28-16)19-13-18(10-12-21(19)29-24(20,2)3)27-15-22(26)25-14-17-7-5-4-6-8-17/h4-8,10,12-13,16,20,23H,9,11,14-15H2,1-3H3,(H,25,26)/t16-,20-,23+/m0/s1. The lowest BCUT2D eigenvalue weighted by atomic mass is 9.75. The van der Waals surface area contributed by atoms with E-state index >= 15 is 0 Å². The lowest BCUT2D eigenvalue weighted by Gasteiger charge is -2.48. The van der Waals surface area contributed by atoms with E-state index in [2.05, 4.69) is 26.1 Å². The van der Waals surface area contributed by atoms with Crippen molar-refractivity contribution < 1.29 is 19.0 Å². The molecule has 1 N–H and O–H groups in total. The van der Waals surface area contributed by atoms with E-state index in [0.29, 0.717) is 18.2 Å². The fourth-order valence-corrected chi connectivity index (χ4v) is 4.27. The minimum Gasteiger partial charge on any atom is -0.487 e. The van der Waals surface area contributed by atoms with Crippen molar-refractivity contribution in [3.8, 4) is 11.5 Å². The van der Waals surface area contributed by atoms with E-state index in [0.717, 1.165) is 29.7 Å². The van der Waals surface area contributed by atoms with Crippen molar-refractivity contribution in [2.75, 3.05) is 6.61 Å². The molecule has 3 atom stereocenters. The summed E-state index contributed by atoms with van der Waals surface area (Å²) in [4.78, 5) is 12.1. The maximum Gasteiger partial charge on any atom is 0.258 e. The maximum absolute atomic E-state index is 12.1. The molecule has 29 heavy (non-hydrogen) atoms. The van der Waals surface area contributed by atoms with Gasteiger partial charge in [-0.3, -0.25) is 4.79 Å². The van der Waals surface area contributed by atoms with Crippen molar-refractivity contribution in [3.05, 3.63) is 59.7 Å². The second-order valence-electron chi connectivity index (χ2n) is 8.51. The first-order valence-electron chi connectivity index (χ1n) is 10.3. The first-order valence-corrected chi connectivity index (χ1v) is 10.3. The van der Waals surface area contributed by atoms with Crippen LogP contribution in [0.5, 0.6) is 11.5 Å². The van der Waals surface area contributed by atoms with Crippen molar-refractivity contribution in [3.63, 3.8) is 0 Å². The molecule has 2 aliphatic heterocycles. The summed E-state index contributed by atoms with van der Waals surface area (Å²) in [5.74, 6) is 1.65. The highest BCUT2D eigenvalue weighted by Crippen LogP contribution is 2.51. The van der Waals surface area contributed by atoms with E-state index in [-0.39, 0.29) is 30.3 Å². The first-order chi connectivity index (χ1) is 13.9. The molecule has 1 amide bonds. The average Bonchev–Trinajstić information content (AvgIpc) is 2.71. The topological polar surface area (TPSA) is 56.8 Å². The second kappa shape index (κ2) is 8.07. The molecule has 4 rings (SSSR count). The Kier molecular flexibility index (Phi) is 5.50. The van der Waals surface area contributed by atoms with Crippen LogP contribution in [0.3, 0.4) is 0 Å². The number of hydrogen-bond acceptors (Lipinski definition) is 4. The summed E-state index contributed by atoms with van der Waals surface area (Å²) in [5, 5.41) is 2.88. The quantitative estimate of drug-likeness (QED) is 0.815. The third-order valence-electron chi connectivity index (χ3n) is 5.88. The van der Waals surface area contributed by atoms with Gasteiger partial charge in [-0.1, -0.05) is 30.3 Å². The van der Waals surface area contributed by atoms with Gasteiger partial charge >= 0.3 is 0 Å². The van der Waals surface area contributed by atoms with Crippen molar-refractivity contribution in [2.45, 2.75) is 58.0 Å². The molecule has 0 radical (unpaired) electrons. The van der Waals surface area contributed by atoms with Gasteiger partial charge < -0.3 is 19.5 Å². The molecule has 0 saturated carbocycles. The lowest BCUT2D eigenvalue weighted by Crippen LogP contribution is -2.48. The summed E-state index contributed by atoms with van der Waals surface area (Å²) in [5.41, 5.74) is 1.81. The molecular formula is C24H29NO4. The third-order valence-corrected chi connectivity index (χ3v) is 5.88. The van der Waals surface area contributed by atoms with Crippen molar-refractivity contribution in [2.24, 2.45) is 5.92 Å². The molecule has 0 spiro atoms. The van der Waals surface area contributed by atoms with Gasteiger partial charge in [-0.2, -0.15) is 0 Å². The van der Waals surface area contributed by atoms with E-state index in [1.165, 1.54) is 0 Å². The maximum atomic E-state index is 12.1. The molecule has 0 aliphatic carbocycles. The lowest BCUT2D eigenvalue weighted by molar-refractivity contribution is -0.144. The third kappa shape index (κ3) is 4.40. The Bertz CT molecular complexity index is 864. The Labute approximate surface area is 172 Å². The van der Waals surface area contributed by atoms with Gasteiger partial charge in [-0.05, 0) is 57.4 Å². The van der Waals surface area contributed by atoms with Crippen molar-refractivity contribution >= 4 is 5.91 Å². The predicted molar refractivity (Wildman–Crippen MR) is 111 cm³/mol. The fraction of sp³-hybridized carbons (Fsp3) is 0.458. The van der Waals surface area contributed by atoms with Crippen LogP contribution in [-0.2, 0) is 16.1 Å². The van der Waals surface area contributed by atoms with Gasteiger partial charge in [0.15, 0.2) is 6.61 Å². The Morgan fingerprint density at radius 3 is 2.76 bits per heavy atom. The van der Waals surface area contributed by atoms with E-state index < -0.39 is 0 Å². The number of amides is 1. The fourth-order valence-electron chi connectivity index (χ4n) is 4.27. The van der Waals surface area contributed by atoms with E-state index in [1.807, 2.05) is 48.5 Å². The van der Waals surface area contributed by atoms with Crippen LogP contribution >= 0.6 is 0 Å². The number of nitrogens with one attached hydrogen (secondary N) is 1. The molecule has 154 valence electrons. The number of hydrogen-bond donors (Lipinski definition) is 1. The van der Waals surface area contributed by atoms with Crippen LogP contribution < -0.4 is 14.8 Å². The molecule has 0 unspecified atom stereocenters. The Morgan fingerprint density at radius 1 is 1.17 bits per heavy atom. The zero-order chi connectivity index (χ0) is 20.4. The highest BCUT2D eigenvalue weighted by Gasteiger charge is 2.47. The molecule has 5 nitrogen and oxygen atoms in total. The summed E-state index contributed by atoms with van der Waals surface area (Å²) in [7, 11) is 0. The minimum atomic E-state index is -0.266. The van der Waals surface area contributed by atoms with E-state index in [4.69, 9.17) is 14.2 Å². The van der Waals surface area contributed by atoms with Crippen LogP contribution in [0, 0.1) is 5.92 Å². The van der Waals surface area contributed by atoms with Gasteiger partial charge in [0.1, 0.15) is 17.1 Å². The second-order valence-corrected chi connectivity index (χ2v) is 8.51. The van der Waals surface area contributed by atoms with Gasteiger partial charge in [0.2, 0.25) is 0 Å². The van der Waals surface area contributed by atoms with Crippen LogP contribution in [0.1, 0.15) is 50.8 Å². The van der Waals surface area contributed by atoms with E-state index in [1.54, 1.807) is 0 Å². The van der Waals surface area contributed by atoms with Crippen molar-refractivity contribution in [1.82, 2.24) is 5.32 Å². The molecule has 1 saturated heterocycles. The number of carbonyl (C=O) groups is 1. The zero-order valence-electron chi connectivity index (χ0n) is 17.3. The summed E-state index contributed by atoms with van der Waals surface area (Å²) < 4.78 is 18.3. The largest absolute Gasteiger partial charge is 0.487 e. The van der Waals surface area contributed by atoms with Gasteiger partial charge in [-0.25, -0.2) is 0 Å². The summed E-state index contributed by atoms with van der Waals surface area (Å²) >= 11 is 0. The SMILES string of the molecule is C[C@H]1CC[C@H]2[C@H](O1)c1cc(OCC(=O)NCc3ccccc3)ccc1OC2(C)C. The highest BCUT2D eigenvalue weighted by atomic mass is 16.5. The molecule has 2 aliphatic rings. The summed E-state index contributed by atoms with van der Waals surface area (Å²) in [6, 6.07) is 15.6. The number of ether oxygens (including phenoxy) is 3. The summed E-state index contributed by atoms with van der Waals surface area (Å²) in [6.45, 7) is 6.85. The molecule has 1 fully saturated rings. The Morgan fingerprint density at radius 2 is 1.97 bits per heavy atom. The predicted octanol–water partition coefficient (Wildman–Crippen LogP) is 4.41. The number of rotatable bonds is 5. The van der Waals surface area contributed by atoms with Gasteiger partial charge in [-0.15, -0.1) is 0 Å². The smallest absolute Gasteiger partial charge is 0.258 e. The monoisotopic (exact) mass is 395 g/mol. The molecule has 0 bridgehead atoms. The van der Waals surface area contributed by atoms with Gasteiger partial charge in [0.05, 0.1) is 12.2 Å². The number of fused-ring (bicyclic) bond motifs is 3. The van der Waals surface area contributed by atoms with Crippen LogP contribution in [0.2, 0.25) is 0 Å². The summed E-state index contributed by atoms with van der Waals surface area (Å²) in [6.07, 6.45) is 2.34. The van der Waals surface area contributed by atoms with Crippen LogP contribution in [0.4, 0.5) is 0 Å². The van der Waals surface area contributed by atoms with Gasteiger partial charge in [0.25, 0.3) is 5.91 Å². The van der Waals surface area contributed by atoms with Gasteiger partial charge in [0, 0.05) is 18.0 Å². The molecule has 0 aromatic heterocycles. The molecule has 2 aromatic rings. The Hall–Kier alpha value is -2.53. The molecule has 2 aromatic carbocycles. The number of carbonyl (C=O) groups excluding carboxylic acids is 1. The van der Waals surface area contributed by atoms with Crippen molar-refractivity contribution in [1.29, 1.82) is 0 Å². The van der Waals surface area contributed by atoms with E-state index in [9.17, 15) is 4.79 Å². The number of benzene rings is 2. The first kappa shape index (κ1) is 19.8. The molecule has 2 heterocycles. The normalized spacial score (nSPS) is 24.6. The van der Waals surface area contributed by atoms with Crippen LogP contribution in [0.25, 0.3) is 0 Å².